The Morgan fingerprint density at radius 2 is 1.88 bits per heavy atom. The summed E-state index contributed by atoms with van der Waals surface area (Å²) in [5, 5.41) is 9.94. The summed E-state index contributed by atoms with van der Waals surface area (Å²) >= 11 is 1.65. The number of aromatic hydroxyl groups is 1. The molecule has 0 saturated carbocycles. The molecule has 0 radical (unpaired) electrons. The van der Waals surface area contributed by atoms with Gasteiger partial charge in [0.15, 0.2) is 0 Å². The fourth-order valence-electron chi connectivity index (χ4n) is 4.04. The molecular weight excluding hydrogens is 450 g/mol. The Kier molecular flexibility index (Phi) is 8.85. The first-order valence-corrected chi connectivity index (χ1v) is 12.9. The van der Waals surface area contributed by atoms with Crippen molar-refractivity contribution in [1.82, 2.24) is 9.80 Å². The van der Waals surface area contributed by atoms with Crippen molar-refractivity contribution < 1.29 is 19.4 Å². The van der Waals surface area contributed by atoms with E-state index in [1.54, 1.807) is 23.9 Å². The zero-order valence-electron chi connectivity index (χ0n) is 19.7. The van der Waals surface area contributed by atoms with Gasteiger partial charge in [0.2, 0.25) is 0 Å². The molecule has 0 aliphatic carbocycles. The lowest BCUT2D eigenvalue weighted by Gasteiger charge is -2.36. The van der Waals surface area contributed by atoms with Crippen LogP contribution in [0, 0.1) is 0 Å². The van der Waals surface area contributed by atoms with Crippen molar-refractivity contribution in [3.05, 3.63) is 48.0 Å². The maximum Gasteiger partial charge on any atom is 0.305 e. The number of amidine groups is 1. The quantitative estimate of drug-likeness (QED) is 0.421. The van der Waals surface area contributed by atoms with Gasteiger partial charge in [-0.05, 0) is 30.7 Å². The molecule has 1 N–H and O–H groups in total. The summed E-state index contributed by atoms with van der Waals surface area (Å²) in [6.07, 6.45) is 2.36. The monoisotopic (exact) mass is 483 g/mol. The van der Waals surface area contributed by atoms with E-state index in [2.05, 4.69) is 34.9 Å². The van der Waals surface area contributed by atoms with Gasteiger partial charge in [0.1, 0.15) is 18.2 Å². The molecule has 0 aromatic heterocycles. The van der Waals surface area contributed by atoms with Crippen LogP contribution in [0.5, 0.6) is 5.75 Å². The molecule has 7 nitrogen and oxygen atoms in total. The minimum atomic E-state index is -0.137. The lowest BCUT2D eigenvalue weighted by Crippen LogP contribution is -2.49. The largest absolute Gasteiger partial charge is 0.508 e. The number of fused-ring (bicyclic) bond motifs is 2. The van der Waals surface area contributed by atoms with Gasteiger partial charge in [-0.1, -0.05) is 43.3 Å². The third-order valence-electron chi connectivity index (χ3n) is 5.97. The molecule has 0 unspecified atom stereocenters. The maximum absolute atomic E-state index is 11.5. The minimum Gasteiger partial charge on any atom is -0.508 e. The summed E-state index contributed by atoms with van der Waals surface area (Å²) in [5.74, 6) is 1.11. The first-order valence-electron chi connectivity index (χ1n) is 12.0. The minimum absolute atomic E-state index is 0.137. The number of piperazine rings is 1. The van der Waals surface area contributed by atoms with Crippen molar-refractivity contribution in [2.24, 2.45) is 4.99 Å². The van der Waals surface area contributed by atoms with Crippen molar-refractivity contribution >= 4 is 29.3 Å². The van der Waals surface area contributed by atoms with Crippen LogP contribution in [0.3, 0.4) is 0 Å². The van der Waals surface area contributed by atoms with E-state index in [1.807, 2.05) is 12.1 Å². The van der Waals surface area contributed by atoms with Gasteiger partial charge in [-0.3, -0.25) is 9.69 Å². The van der Waals surface area contributed by atoms with Crippen LogP contribution < -0.4 is 0 Å². The average molecular weight is 484 g/mol. The molecule has 2 aromatic rings. The molecule has 2 aliphatic rings. The highest BCUT2D eigenvalue weighted by molar-refractivity contribution is 7.99. The normalized spacial score (nSPS) is 15.8. The lowest BCUT2D eigenvalue weighted by molar-refractivity contribution is -0.145. The summed E-state index contributed by atoms with van der Waals surface area (Å²) in [5.41, 5.74) is 2.02. The van der Waals surface area contributed by atoms with Crippen molar-refractivity contribution in [2.45, 2.75) is 36.0 Å². The number of phenols is 1. The fourth-order valence-corrected chi connectivity index (χ4v) is 5.09. The molecule has 1 saturated heterocycles. The van der Waals surface area contributed by atoms with Gasteiger partial charge in [0.25, 0.3) is 0 Å². The van der Waals surface area contributed by atoms with Crippen LogP contribution in [0.2, 0.25) is 0 Å². The van der Waals surface area contributed by atoms with Gasteiger partial charge in [0.05, 0.1) is 18.9 Å². The van der Waals surface area contributed by atoms with E-state index in [-0.39, 0.29) is 11.7 Å². The number of hydrogen-bond acceptors (Lipinski definition) is 8. The third-order valence-corrected chi connectivity index (χ3v) is 7.09. The second-order valence-corrected chi connectivity index (χ2v) is 9.53. The van der Waals surface area contributed by atoms with Crippen molar-refractivity contribution in [1.29, 1.82) is 0 Å². The van der Waals surface area contributed by atoms with E-state index in [9.17, 15) is 9.90 Å². The third kappa shape index (κ3) is 6.52. The highest BCUT2D eigenvalue weighted by Crippen LogP contribution is 2.42. The van der Waals surface area contributed by atoms with E-state index in [1.165, 1.54) is 0 Å². The molecule has 2 heterocycles. The Morgan fingerprint density at radius 1 is 1.06 bits per heavy atom. The van der Waals surface area contributed by atoms with Gasteiger partial charge in [-0.25, -0.2) is 4.99 Å². The Labute approximate surface area is 205 Å². The average Bonchev–Trinajstić information content (AvgIpc) is 3.01. The number of carbonyl (C=O) groups is 1. The van der Waals surface area contributed by atoms with Gasteiger partial charge < -0.3 is 19.5 Å². The van der Waals surface area contributed by atoms with Crippen molar-refractivity contribution in [3.8, 4) is 5.75 Å². The Morgan fingerprint density at radius 3 is 2.71 bits per heavy atom. The number of nitrogens with zero attached hydrogens (tertiary/aromatic N) is 3. The van der Waals surface area contributed by atoms with Gasteiger partial charge in [-0.15, -0.1) is 0 Å². The summed E-state index contributed by atoms with van der Waals surface area (Å²) in [6, 6.07) is 13.7. The second-order valence-electron chi connectivity index (χ2n) is 8.45. The van der Waals surface area contributed by atoms with Gasteiger partial charge >= 0.3 is 5.97 Å². The number of benzene rings is 2. The molecule has 0 bridgehead atoms. The number of unbranched alkanes of at least 4 members (excludes halogenated alkanes) is 1. The molecule has 182 valence electrons. The zero-order valence-corrected chi connectivity index (χ0v) is 20.6. The van der Waals surface area contributed by atoms with Crippen LogP contribution in [-0.2, 0) is 14.3 Å². The molecule has 2 aromatic carbocycles. The number of rotatable bonds is 9. The first kappa shape index (κ1) is 24.6. The molecule has 34 heavy (non-hydrogen) atoms. The summed E-state index contributed by atoms with van der Waals surface area (Å²) in [4.78, 5) is 23.4. The highest BCUT2D eigenvalue weighted by atomic mass is 32.2. The number of hydrogen-bond donors (Lipinski definition) is 1. The molecule has 4 rings (SSSR count). The van der Waals surface area contributed by atoms with Gasteiger partial charge in [0, 0.05) is 54.5 Å². The Balaban J connectivity index is 1.27. The second kappa shape index (κ2) is 12.2. The SMILES string of the molecule is CCCCC(=O)OCCOCCN1CCN(C2=Nc3ccc(O)cc3Sc3ccccc32)CC1. The van der Waals surface area contributed by atoms with Crippen LogP contribution in [0.15, 0.2) is 57.2 Å². The van der Waals surface area contributed by atoms with E-state index in [4.69, 9.17) is 14.5 Å². The van der Waals surface area contributed by atoms with E-state index >= 15 is 0 Å². The zero-order chi connectivity index (χ0) is 23.8. The molecule has 8 heteroatoms. The Bertz CT molecular complexity index is 1010. The molecule has 0 amide bonds. The van der Waals surface area contributed by atoms with Gasteiger partial charge in [-0.2, -0.15) is 0 Å². The summed E-state index contributed by atoms with van der Waals surface area (Å²) in [6.45, 7) is 7.97. The number of aliphatic imine (C=N–C) groups is 1. The number of ether oxygens (including phenoxy) is 2. The van der Waals surface area contributed by atoms with E-state index in [0.717, 1.165) is 72.4 Å². The summed E-state index contributed by atoms with van der Waals surface area (Å²) < 4.78 is 10.8. The Hall–Kier alpha value is -2.55. The van der Waals surface area contributed by atoms with E-state index < -0.39 is 0 Å². The lowest BCUT2D eigenvalue weighted by atomic mass is 10.1. The van der Waals surface area contributed by atoms with Crippen LogP contribution in [0.4, 0.5) is 5.69 Å². The smallest absolute Gasteiger partial charge is 0.305 e. The first-order chi connectivity index (χ1) is 16.6. The highest BCUT2D eigenvalue weighted by Gasteiger charge is 2.25. The number of phenolic OH excluding ortho intramolecular Hbond substituents is 1. The van der Waals surface area contributed by atoms with Crippen LogP contribution >= 0.6 is 11.8 Å². The maximum atomic E-state index is 11.5. The fraction of sp³-hybridized carbons (Fsp3) is 0.462. The van der Waals surface area contributed by atoms with Crippen molar-refractivity contribution in [2.75, 3.05) is 52.5 Å². The standard InChI is InChI=1S/C26H33N3O4S/c1-2-3-8-25(31)33-18-17-32-16-15-28-11-13-29(14-12-28)26-21-6-4-5-7-23(21)34-24-19-20(30)9-10-22(24)27-26/h4-7,9-10,19,30H,2-3,8,11-18H2,1H3. The number of esters is 1. The molecule has 2 aliphatic heterocycles. The van der Waals surface area contributed by atoms with E-state index in [0.29, 0.717) is 26.2 Å². The molecule has 1 fully saturated rings. The van der Waals surface area contributed by atoms with Crippen LogP contribution in [0.1, 0.15) is 31.7 Å². The number of carbonyl (C=O) groups excluding carboxylic acids is 1. The predicted octanol–water partition coefficient (Wildman–Crippen LogP) is 4.30. The topological polar surface area (TPSA) is 74.6 Å². The summed E-state index contributed by atoms with van der Waals surface area (Å²) in [7, 11) is 0. The molecule has 0 spiro atoms. The molecule has 0 atom stereocenters. The van der Waals surface area contributed by atoms with Crippen LogP contribution in [-0.4, -0.2) is 79.3 Å². The van der Waals surface area contributed by atoms with Crippen LogP contribution in [0.25, 0.3) is 0 Å². The van der Waals surface area contributed by atoms with Crippen molar-refractivity contribution in [3.63, 3.8) is 0 Å². The predicted molar refractivity (Wildman–Crippen MR) is 134 cm³/mol. The molecular formula is C26H33N3O4S.